The molecule has 0 aromatic carbocycles. The third-order valence-electron chi connectivity index (χ3n) is 2.82. The molecule has 1 aliphatic rings. The molecule has 1 aliphatic heterocycles. The van der Waals surface area contributed by atoms with Crippen LogP contribution < -0.4 is 0 Å². The van der Waals surface area contributed by atoms with Crippen molar-refractivity contribution in [3.63, 3.8) is 0 Å². The first-order valence-corrected chi connectivity index (χ1v) is 5.77. The van der Waals surface area contributed by atoms with Gasteiger partial charge in [0.2, 0.25) is 0 Å². The van der Waals surface area contributed by atoms with Gasteiger partial charge in [0.05, 0.1) is 5.22 Å². The maximum atomic E-state index is 5.86. The minimum atomic E-state index is 0.173. The molecule has 0 spiro atoms. The summed E-state index contributed by atoms with van der Waals surface area (Å²) in [7, 11) is 1.12. The average Bonchev–Trinajstić information content (AvgIpc) is 2.06. The molecule has 1 unspecified atom stereocenters. The molecule has 0 aromatic rings. The smallest absolute Gasteiger partial charge is 0.0546 e. The third-order valence-corrected chi connectivity index (χ3v) is 4.46. The Kier molecular flexibility index (Phi) is 3.53. The highest BCUT2D eigenvalue weighted by atomic mass is 28.1. The Bertz CT molecular complexity index is 150. The number of ether oxygens (including phenoxy) is 1. The first kappa shape index (κ1) is 10.0. The summed E-state index contributed by atoms with van der Waals surface area (Å²) in [5.41, 5.74) is 0. The van der Waals surface area contributed by atoms with Gasteiger partial charge in [-0.3, -0.25) is 0 Å². The van der Waals surface area contributed by atoms with Crippen LogP contribution in [0.5, 0.6) is 0 Å². The number of hydrogen-bond donors (Lipinski definition) is 0. The van der Waals surface area contributed by atoms with E-state index in [2.05, 4.69) is 13.5 Å². The SMILES string of the molecule is C=CC[C](C)C1([SiH3])CCCCO1. The lowest BCUT2D eigenvalue weighted by atomic mass is 9.93. The van der Waals surface area contributed by atoms with E-state index in [0.29, 0.717) is 0 Å². The highest BCUT2D eigenvalue weighted by Gasteiger charge is 2.33. The monoisotopic (exact) mass is 183 g/mol. The molecule has 12 heavy (non-hydrogen) atoms. The van der Waals surface area contributed by atoms with E-state index in [9.17, 15) is 0 Å². The normalized spacial score (nSPS) is 30.8. The Labute approximate surface area is 78.6 Å². The van der Waals surface area contributed by atoms with Crippen LogP contribution in [0, 0.1) is 5.92 Å². The molecular formula is C10H19OSi. The van der Waals surface area contributed by atoms with Crippen LogP contribution in [0.25, 0.3) is 0 Å². The van der Waals surface area contributed by atoms with Gasteiger partial charge < -0.3 is 4.74 Å². The van der Waals surface area contributed by atoms with Gasteiger partial charge in [-0.05, 0) is 25.7 Å². The molecule has 1 nitrogen and oxygen atoms in total. The van der Waals surface area contributed by atoms with Crippen molar-refractivity contribution in [1.82, 2.24) is 0 Å². The van der Waals surface area contributed by atoms with E-state index >= 15 is 0 Å². The Hall–Kier alpha value is -0.0831. The highest BCUT2D eigenvalue weighted by Crippen LogP contribution is 2.32. The Morgan fingerprint density at radius 3 is 2.92 bits per heavy atom. The lowest BCUT2D eigenvalue weighted by Gasteiger charge is -2.38. The summed E-state index contributed by atoms with van der Waals surface area (Å²) in [6.07, 6.45) is 6.80. The van der Waals surface area contributed by atoms with Crippen LogP contribution in [-0.4, -0.2) is 22.1 Å². The second-order valence-corrected chi connectivity index (χ2v) is 5.42. The second-order valence-electron chi connectivity index (χ2n) is 3.81. The zero-order valence-electron chi connectivity index (χ0n) is 8.23. The summed E-state index contributed by atoms with van der Waals surface area (Å²) in [6, 6.07) is 0. The van der Waals surface area contributed by atoms with Crippen molar-refractivity contribution < 1.29 is 4.74 Å². The van der Waals surface area contributed by atoms with Crippen LogP contribution in [0.2, 0.25) is 0 Å². The van der Waals surface area contributed by atoms with Crippen molar-refractivity contribution in [2.75, 3.05) is 6.61 Å². The topological polar surface area (TPSA) is 9.23 Å². The predicted molar refractivity (Wildman–Crippen MR) is 56.2 cm³/mol. The fourth-order valence-electron chi connectivity index (χ4n) is 1.70. The molecular weight excluding hydrogens is 164 g/mol. The molecule has 1 heterocycles. The molecule has 0 N–H and O–H groups in total. The molecule has 0 bridgehead atoms. The van der Waals surface area contributed by atoms with Crippen molar-refractivity contribution >= 4 is 10.2 Å². The van der Waals surface area contributed by atoms with Crippen molar-refractivity contribution in [2.24, 2.45) is 0 Å². The van der Waals surface area contributed by atoms with E-state index in [-0.39, 0.29) is 5.22 Å². The molecule has 0 aromatic heterocycles. The maximum absolute atomic E-state index is 5.86. The van der Waals surface area contributed by atoms with Crippen LogP contribution in [-0.2, 0) is 4.74 Å². The lowest BCUT2D eigenvalue weighted by Crippen LogP contribution is -2.41. The van der Waals surface area contributed by atoms with Gasteiger partial charge >= 0.3 is 0 Å². The molecule has 69 valence electrons. The van der Waals surface area contributed by atoms with E-state index in [1.54, 1.807) is 0 Å². The van der Waals surface area contributed by atoms with Crippen molar-refractivity contribution in [1.29, 1.82) is 0 Å². The van der Waals surface area contributed by atoms with E-state index in [1.807, 2.05) is 6.08 Å². The summed E-state index contributed by atoms with van der Waals surface area (Å²) in [5, 5.41) is 0.173. The first-order valence-electron chi connectivity index (χ1n) is 4.77. The maximum Gasteiger partial charge on any atom is 0.0546 e. The Morgan fingerprint density at radius 1 is 1.67 bits per heavy atom. The fraction of sp³-hybridized carbons (Fsp3) is 0.700. The third kappa shape index (κ3) is 2.20. The van der Waals surface area contributed by atoms with Crippen LogP contribution in [0.3, 0.4) is 0 Å². The van der Waals surface area contributed by atoms with Crippen LogP contribution in [0.15, 0.2) is 12.7 Å². The van der Waals surface area contributed by atoms with Gasteiger partial charge in [-0.15, -0.1) is 6.58 Å². The standard InChI is InChI=1S/C10H19OSi/c1-3-6-9(2)10(12)7-4-5-8-11-10/h3H,1,4-8H2,2,12H3. The number of allylic oxidation sites excluding steroid dienone is 1. The Balaban J connectivity index is 2.49. The van der Waals surface area contributed by atoms with Crippen LogP contribution in [0.4, 0.5) is 0 Å². The van der Waals surface area contributed by atoms with Crippen molar-refractivity contribution in [3.8, 4) is 0 Å². The predicted octanol–water partition coefficient (Wildman–Crippen LogP) is 1.42. The second kappa shape index (κ2) is 4.24. The number of hydrogen-bond acceptors (Lipinski definition) is 1. The molecule has 1 rings (SSSR count). The summed E-state index contributed by atoms with van der Waals surface area (Å²) in [4.78, 5) is 0. The molecule has 1 radical (unpaired) electrons. The quantitative estimate of drug-likeness (QED) is 0.475. The molecule has 0 aliphatic carbocycles. The molecule has 0 saturated carbocycles. The number of rotatable bonds is 3. The van der Waals surface area contributed by atoms with E-state index in [1.165, 1.54) is 25.2 Å². The van der Waals surface area contributed by atoms with Gasteiger partial charge in [0.15, 0.2) is 0 Å². The molecule has 2 heteroatoms. The molecule has 1 atom stereocenters. The van der Waals surface area contributed by atoms with E-state index in [0.717, 1.165) is 23.3 Å². The lowest BCUT2D eigenvalue weighted by molar-refractivity contribution is -0.00806. The van der Waals surface area contributed by atoms with Gasteiger partial charge in [-0.1, -0.05) is 13.0 Å². The van der Waals surface area contributed by atoms with Crippen molar-refractivity contribution in [3.05, 3.63) is 18.6 Å². The van der Waals surface area contributed by atoms with E-state index in [4.69, 9.17) is 4.74 Å². The summed E-state index contributed by atoms with van der Waals surface area (Å²) in [6.45, 7) is 6.93. The molecule has 0 amide bonds. The summed E-state index contributed by atoms with van der Waals surface area (Å²) in [5.74, 6) is 1.48. The zero-order valence-corrected chi connectivity index (χ0v) is 10.2. The van der Waals surface area contributed by atoms with E-state index < -0.39 is 0 Å². The van der Waals surface area contributed by atoms with Gasteiger partial charge in [0, 0.05) is 22.8 Å². The van der Waals surface area contributed by atoms with Crippen molar-refractivity contribution in [2.45, 2.75) is 37.8 Å². The first-order chi connectivity index (χ1) is 5.69. The minimum Gasteiger partial charge on any atom is -0.379 e. The van der Waals surface area contributed by atoms with Gasteiger partial charge in [-0.25, -0.2) is 0 Å². The van der Waals surface area contributed by atoms with Crippen LogP contribution in [0.1, 0.15) is 32.6 Å². The summed E-state index contributed by atoms with van der Waals surface area (Å²) >= 11 is 0. The largest absolute Gasteiger partial charge is 0.379 e. The fourth-order valence-corrected chi connectivity index (χ4v) is 2.46. The summed E-state index contributed by atoms with van der Waals surface area (Å²) < 4.78 is 5.86. The Morgan fingerprint density at radius 2 is 2.42 bits per heavy atom. The molecule has 1 saturated heterocycles. The van der Waals surface area contributed by atoms with Gasteiger partial charge in [0.25, 0.3) is 0 Å². The highest BCUT2D eigenvalue weighted by molar-refractivity contribution is 6.16. The van der Waals surface area contributed by atoms with Gasteiger partial charge in [0.1, 0.15) is 0 Å². The van der Waals surface area contributed by atoms with Crippen LogP contribution >= 0.6 is 0 Å². The molecule has 1 fully saturated rings. The minimum absolute atomic E-state index is 0.173. The average molecular weight is 183 g/mol. The zero-order chi connectivity index (χ0) is 9.03. The van der Waals surface area contributed by atoms with Gasteiger partial charge in [-0.2, -0.15) is 0 Å².